The van der Waals surface area contributed by atoms with E-state index in [4.69, 9.17) is 0 Å². The topological polar surface area (TPSA) is 0 Å². The second kappa shape index (κ2) is 5.99. The minimum Gasteiger partial charge on any atom is -0.0984 e. The van der Waals surface area contributed by atoms with Crippen molar-refractivity contribution in [2.45, 2.75) is 11.3 Å². The number of benzene rings is 2. The van der Waals surface area contributed by atoms with Gasteiger partial charge in [0.05, 0.1) is 0 Å². The van der Waals surface area contributed by atoms with Gasteiger partial charge in [0.2, 0.25) is 0 Å². The van der Waals surface area contributed by atoms with Crippen LogP contribution >= 0.6 is 8.58 Å². The molecule has 1 aliphatic rings. The molecule has 0 nitrogen and oxygen atoms in total. The summed E-state index contributed by atoms with van der Waals surface area (Å²) in [5.41, 5.74) is 3.92. The maximum Gasteiger partial charge on any atom is 0.0271 e. The highest BCUT2D eigenvalue weighted by Crippen LogP contribution is 2.44. The molecule has 1 aliphatic carbocycles. The van der Waals surface area contributed by atoms with Crippen LogP contribution in [0.4, 0.5) is 0 Å². The van der Waals surface area contributed by atoms with Gasteiger partial charge in [-0.1, -0.05) is 93.5 Å². The Kier molecular flexibility index (Phi) is 3.91. The fourth-order valence-electron chi connectivity index (χ4n) is 2.41. The molecule has 0 bridgehead atoms. The lowest BCUT2D eigenvalue weighted by molar-refractivity contribution is 1.13. The highest BCUT2D eigenvalue weighted by molar-refractivity contribution is 7.40. The molecule has 0 aromatic heterocycles. The van der Waals surface area contributed by atoms with Gasteiger partial charge in [-0.25, -0.2) is 0 Å². The summed E-state index contributed by atoms with van der Waals surface area (Å²) < 4.78 is 0. The summed E-state index contributed by atoms with van der Waals surface area (Å²) in [4.78, 5) is 0. The van der Waals surface area contributed by atoms with E-state index in [9.17, 15) is 0 Å². The molecule has 0 heterocycles. The molecule has 0 saturated heterocycles. The van der Waals surface area contributed by atoms with Gasteiger partial charge in [-0.3, -0.25) is 0 Å². The van der Waals surface area contributed by atoms with Crippen LogP contribution < -0.4 is 0 Å². The molecule has 1 atom stereocenters. The van der Waals surface area contributed by atoms with Crippen molar-refractivity contribution >= 4 is 8.58 Å². The predicted molar refractivity (Wildman–Crippen MR) is 85.1 cm³/mol. The maximum atomic E-state index is 2.30. The predicted octanol–water partition coefficient (Wildman–Crippen LogP) is 4.95. The average Bonchev–Trinajstić information content (AvgIpc) is 3.00. The Hall–Kier alpha value is -1.65. The third-order valence-electron chi connectivity index (χ3n) is 3.37. The Morgan fingerprint density at radius 2 is 1.16 bits per heavy atom. The molecule has 0 spiro atoms. The highest BCUT2D eigenvalue weighted by Gasteiger charge is 2.17. The van der Waals surface area contributed by atoms with Gasteiger partial charge in [-0.15, -0.1) is 0 Å². The first-order valence-electron chi connectivity index (χ1n) is 6.64. The van der Waals surface area contributed by atoms with Crippen LogP contribution in [0.15, 0.2) is 85.0 Å². The van der Waals surface area contributed by atoms with E-state index in [1.807, 2.05) is 0 Å². The van der Waals surface area contributed by atoms with Gasteiger partial charge in [0.25, 0.3) is 0 Å². The fourth-order valence-corrected chi connectivity index (χ4v) is 4.01. The summed E-state index contributed by atoms with van der Waals surface area (Å²) in [6.45, 7) is 0. The second-order valence-electron chi connectivity index (χ2n) is 4.72. The van der Waals surface area contributed by atoms with Crippen LogP contribution in [0.3, 0.4) is 0 Å². The number of hydrogen-bond acceptors (Lipinski definition) is 0. The van der Waals surface area contributed by atoms with E-state index in [0.717, 1.165) is 8.58 Å². The van der Waals surface area contributed by atoms with Gasteiger partial charge in [0.15, 0.2) is 0 Å². The molecule has 3 rings (SSSR count). The van der Waals surface area contributed by atoms with Crippen molar-refractivity contribution in [2.24, 2.45) is 0 Å². The third-order valence-corrected chi connectivity index (χ3v) is 5.14. The lowest BCUT2D eigenvalue weighted by Gasteiger charge is -2.20. The minimum absolute atomic E-state index is 0.500. The summed E-state index contributed by atoms with van der Waals surface area (Å²) in [6.07, 6.45) is 8.92. The van der Waals surface area contributed by atoms with E-state index in [1.54, 1.807) is 0 Å². The van der Waals surface area contributed by atoms with Gasteiger partial charge >= 0.3 is 0 Å². The Bertz CT molecular complexity index is 518. The Labute approximate surface area is 116 Å². The average molecular weight is 264 g/mol. The summed E-state index contributed by atoms with van der Waals surface area (Å²) in [5, 5.41) is 0. The number of rotatable bonds is 4. The van der Waals surface area contributed by atoms with Crippen molar-refractivity contribution in [3.8, 4) is 0 Å². The molecule has 0 radical (unpaired) electrons. The Morgan fingerprint density at radius 3 is 1.63 bits per heavy atom. The Morgan fingerprint density at radius 1 is 0.684 bits per heavy atom. The van der Waals surface area contributed by atoms with E-state index in [1.165, 1.54) is 11.1 Å². The van der Waals surface area contributed by atoms with Crippen molar-refractivity contribution in [3.05, 3.63) is 96.1 Å². The molecule has 1 unspecified atom stereocenters. The largest absolute Gasteiger partial charge is 0.0984 e. The van der Waals surface area contributed by atoms with E-state index in [0.29, 0.717) is 11.3 Å². The zero-order valence-corrected chi connectivity index (χ0v) is 11.7. The zero-order valence-electron chi connectivity index (χ0n) is 10.7. The molecule has 0 aliphatic heterocycles. The van der Waals surface area contributed by atoms with Crippen molar-refractivity contribution in [1.82, 2.24) is 0 Å². The fraction of sp³-hybridized carbons (Fsp3) is 0.111. The van der Waals surface area contributed by atoms with Gasteiger partial charge in [-0.05, 0) is 11.1 Å². The van der Waals surface area contributed by atoms with E-state index in [-0.39, 0.29) is 0 Å². The highest BCUT2D eigenvalue weighted by atomic mass is 31.1. The minimum atomic E-state index is 0.500. The first kappa shape index (κ1) is 12.4. The van der Waals surface area contributed by atoms with Gasteiger partial charge in [-0.2, -0.15) is 0 Å². The second-order valence-corrected chi connectivity index (χ2v) is 6.29. The van der Waals surface area contributed by atoms with Gasteiger partial charge in [0, 0.05) is 11.3 Å². The zero-order chi connectivity index (χ0) is 12.9. The van der Waals surface area contributed by atoms with Crippen molar-refractivity contribution in [3.63, 3.8) is 0 Å². The molecule has 94 valence electrons. The van der Waals surface area contributed by atoms with Gasteiger partial charge < -0.3 is 0 Å². The molecular weight excluding hydrogens is 247 g/mol. The molecule has 2 aromatic rings. The van der Waals surface area contributed by atoms with Crippen molar-refractivity contribution in [2.75, 3.05) is 0 Å². The SMILES string of the molecule is C1=CC(PC(c2ccccc2)c2ccccc2)C=C1. The quantitative estimate of drug-likeness (QED) is 0.685. The summed E-state index contributed by atoms with van der Waals surface area (Å²) in [7, 11) is 0.858. The summed E-state index contributed by atoms with van der Waals surface area (Å²) in [6, 6.07) is 21.7. The molecule has 0 saturated carbocycles. The van der Waals surface area contributed by atoms with Crippen LogP contribution in [0.1, 0.15) is 16.8 Å². The lowest BCUT2D eigenvalue weighted by atomic mass is 10.0. The normalized spacial score (nSPS) is 15.0. The maximum absolute atomic E-state index is 2.30. The van der Waals surface area contributed by atoms with Crippen LogP contribution in [-0.2, 0) is 0 Å². The van der Waals surface area contributed by atoms with Crippen LogP contribution in [0, 0.1) is 0 Å². The number of allylic oxidation sites excluding steroid dienone is 4. The van der Waals surface area contributed by atoms with Crippen LogP contribution in [-0.4, -0.2) is 5.66 Å². The Balaban J connectivity index is 1.91. The third kappa shape index (κ3) is 3.03. The van der Waals surface area contributed by atoms with E-state index >= 15 is 0 Å². The van der Waals surface area contributed by atoms with Crippen molar-refractivity contribution < 1.29 is 0 Å². The molecule has 0 fully saturated rings. The first-order valence-corrected chi connectivity index (χ1v) is 7.80. The number of hydrogen-bond donors (Lipinski definition) is 0. The van der Waals surface area contributed by atoms with Crippen LogP contribution in [0.5, 0.6) is 0 Å². The summed E-state index contributed by atoms with van der Waals surface area (Å²) in [5.74, 6) is 0. The molecule has 1 heteroatoms. The standard InChI is InChI=1S/C18H17P/c1-3-9-15(10-4-1)18(16-11-5-2-6-12-16)19-17-13-7-8-14-17/h1-14,17-19H. The molecule has 0 N–H and O–H groups in total. The van der Waals surface area contributed by atoms with Crippen LogP contribution in [0.25, 0.3) is 0 Å². The lowest BCUT2D eigenvalue weighted by Crippen LogP contribution is -1.99. The molecule has 19 heavy (non-hydrogen) atoms. The van der Waals surface area contributed by atoms with Gasteiger partial charge in [0.1, 0.15) is 0 Å². The van der Waals surface area contributed by atoms with E-state index in [2.05, 4.69) is 85.0 Å². The van der Waals surface area contributed by atoms with E-state index < -0.39 is 0 Å². The monoisotopic (exact) mass is 264 g/mol. The molecular formula is C18H17P. The smallest absolute Gasteiger partial charge is 0.0271 e. The van der Waals surface area contributed by atoms with Crippen LogP contribution in [0.2, 0.25) is 0 Å². The first-order chi connectivity index (χ1) is 9.43. The molecule has 0 amide bonds. The molecule has 2 aromatic carbocycles. The van der Waals surface area contributed by atoms with Crippen molar-refractivity contribution in [1.29, 1.82) is 0 Å². The summed E-state index contributed by atoms with van der Waals surface area (Å²) >= 11 is 0.